The monoisotopic (exact) mass is 163 g/mol. The average molecular weight is 163 g/mol. The van der Waals surface area contributed by atoms with Gasteiger partial charge in [-0.05, 0) is 12.1 Å². The molecule has 0 aliphatic rings. The predicted molar refractivity (Wildman–Crippen MR) is 44.8 cm³/mol. The largest absolute Gasteiger partial charge is 0.480 e. The van der Waals surface area contributed by atoms with Crippen LogP contribution in [0.2, 0.25) is 0 Å². The Labute approximate surface area is 71.0 Å². The third-order valence-corrected chi connectivity index (χ3v) is 1.27. The summed E-state index contributed by atoms with van der Waals surface area (Å²) in [6.45, 7) is -0.155. The highest BCUT2D eigenvalue weighted by atomic mass is 16.5. The number of pyridine rings is 1. The van der Waals surface area contributed by atoms with Crippen LogP contribution in [0, 0.1) is 11.8 Å². The number of aromatic nitrogens is 1. The zero-order chi connectivity index (χ0) is 8.81. The molecule has 0 saturated heterocycles. The first kappa shape index (κ1) is 8.57. The van der Waals surface area contributed by atoms with Gasteiger partial charge in [-0.1, -0.05) is 11.8 Å². The maximum absolute atomic E-state index is 8.46. The molecule has 0 bridgehead atoms. The van der Waals surface area contributed by atoms with Crippen molar-refractivity contribution >= 4 is 0 Å². The minimum atomic E-state index is -0.155. The molecule has 0 aromatic carbocycles. The van der Waals surface area contributed by atoms with Crippen LogP contribution < -0.4 is 4.74 Å². The Morgan fingerprint density at radius 1 is 1.67 bits per heavy atom. The fourth-order valence-electron chi connectivity index (χ4n) is 0.783. The van der Waals surface area contributed by atoms with E-state index in [0.717, 1.165) is 0 Å². The summed E-state index contributed by atoms with van der Waals surface area (Å²) >= 11 is 0. The van der Waals surface area contributed by atoms with Crippen LogP contribution in [0.4, 0.5) is 0 Å². The molecule has 0 amide bonds. The average Bonchev–Trinajstić information content (AvgIpc) is 2.15. The highest BCUT2D eigenvalue weighted by Crippen LogP contribution is 2.10. The van der Waals surface area contributed by atoms with Crippen LogP contribution >= 0.6 is 0 Å². The highest BCUT2D eigenvalue weighted by molar-refractivity contribution is 5.41. The summed E-state index contributed by atoms with van der Waals surface area (Å²) in [6.07, 6.45) is 1.63. The van der Waals surface area contributed by atoms with Gasteiger partial charge in [-0.25, -0.2) is 4.98 Å². The zero-order valence-corrected chi connectivity index (χ0v) is 6.74. The highest BCUT2D eigenvalue weighted by Gasteiger charge is 1.97. The van der Waals surface area contributed by atoms with Crippen molar-refractivity contribution in [2.24, 2.45) is 0 Å². The summed E-state index contributed by atoms with van der Waals surface area (Å²) in [7, 11) is 1.53. The van der Waals surface area contributed by atoms with Gasteiger partial charge in [0.1, 0.15) is 6.61 Å². The van der Waals surface area contributed by atoms with Crippen LogP contribution in [0.25, 0.3) is 0 Å². The Morgan fingerprint density at radius 2 is 2.50 bits per heavy atom. The van der Waals surface area contributed by atoms with Crippen molar-refractivity contribution in [1.29, 1.82) is 0 Å². The summed E-state index contributed by atoms with van der Waals surface area (Å²) in [5.41, 5.74) is 0.689. The molecule has 1 aromatic heterocycles. The van der Waals surface area contributed by atoms with Crippen LogP contribution in [0.3, 0.4) is 0 Å². The number of rotatable bonds is 1. The van der Waals surface area contributed by atoms with Crippen molar-refractivity contribution in [1.82, 2.24) is 4.98 Å². The Kier molecular flexibility index (Phi) is 3.12. The molecule has 0 spiro atoms. The molecule has 0 saturated carbocycles. The summed E-state index contributed by atoms with van der Waals surface area (Å²) < 4.78 is 4.95. The van der Waals surface area contributed by atoms with Gasteiger partial charge in [-0.3, -0.25) is 0 Å². The Balaban J connectivity index is 2.97. The van der Waals surface area contributed by atoms with Crippen molar-refractivity contribution < 1.29 is 9.84 Å². The number of aliphatic hydroxyl groups excluding tert-OH is 1. The third-order valence-electron chi connectivity index (χ3n) is 1.27. The van der Waals surface area contributed by atoms with Gasteiger partial charge in [-0.15, -0.1) is 0 Å². The summed E-state index contributed by atoms with van der Waals surface area (Å²) in [4.78, 5) is 3.94. The molecule has 12 heavy (non-hydrogen) atoms. The van der Waals surface area contributed by atoms with Gasteiger partial charge >= 0.3 is 0 Å². The number of ether oxygens (including phenoxy) is 1. The zero-order valence-electron chi connectivity index (χ0n) is 6.74. The van der Waals surface area contributed by atoms with Gasteiger partial charge in [0.15, 0.2) is 0 Å². The third kappa shape index (κ3) is 1.97. The van der Waals surface area contributed by atoms with Crippen molar-refractivity contribution in [3.63, 3.8) is 0 Å². The molecule has 1 rings (SSSR count). The Morgan fingerprint density at radius 3 is 3.17 bits per heavy atom. The lowest BCUT2D eigenvalue weighted by molar-refractivity contribution is 0.350. The molecule has 0 aliphatic heterocycles. The van der Waals surface area contributed by atoms with Gasteiger partial charge in [0.2, 0.25) is 5.88 Å². The maximum Gasteiger partial charge on any atom is 0.229 e. The van der Waals surface area contributed by atoms with Crippen LogP contribution in [0.15, 0.2) is 18.3 Å². The molecule has 1 aromatic rings. The minimum Gasteiger partial charge on any atom is -0.480 e. The fraction of sp³-hybridized carbons (Fsp3) is 0.222. The fourth-order valence-corrected chi connectivity index (χ4v) is 0.783. The van der Waals surface area contributed by atoms with E-state index in [9.17, 15) is 0 Å². The SMILES string of the molecule is COc1ncccc1C#CCO. The molecule has 3 heteroatoms. The van der Waals surface area contributed by atoms with E-state index < -0.39 is 0 Å². The molecule has 0 aliphatic carbocycles. The molecule has 0 radical (unpaired) electrons. The number of methoxy groups -OCH3 is 1. The van der Waals surface area contributed by atoms with E-state index in [1.54, 1.807) is 18.3 Å². The van der Waals surface area contributed by atoms with Crippen LogP contribution in [0.1, 0.15) is 5.56 Å². The molecule has 0 unspecified atom stereocenters. The smallest absolute Gasteiger partial charge is 0.229 e. The first-order valence-electron chi connectivity index (χ1n) is 3.47. The standard InChI is InChI=1S/C9H9NO2/c1-12-9-8(5-3-7-11)4-2-6-10-9/h2,4,6,11H,7H2,1H3. The quantitative estimate of drug-likeness (QED) is 0.610. The maximum atomic E-state index is 8.46. The van der Waals surface area contributed by atoms with E-state index >= 15 is 0 Å². The second-order valence-electron chi connectivity index (χ2n) is 2.02. The minimum absolute atomic E-state index is 0.155. The van der Waals surface area contributed by atoms with Crippen molar-refractivity contribution in [2.45, 2.75) is 0 Å². The number of hydrogen-bond donors (Lipinski definition) is 1. The topological polar surface area (TPSA) is 42.4 Å². The Bertz CT molecular complexity index is 312. The van der Waals surface area contributed by atoms with Gasteiger partial charge in [0.25, 0.3) is 0 Å². The molecular formula is C9H9NO2. The molecule has 1 N–H and O–H groups in total. The van der Waals surface area contributed by atoms with E-state index in [4.69, 9.17) is 9.84 Å². The first-order chi connectivity index (χ1) is 5.88. The summed E-state index contributed by atoms with van der Waals surface area (Å²) in [5.74, 6) is 5.74. The van der Waals surface area contributed by atoms with Crippen molar-refractivity contribution in [3.05, 3.63) is 23.9 Å². The summed E-state index contributed by atoms with van der Waals surface area (Å²) in [5, 5.41) is 8.46. The molecule has 0 fully saturated rings. The number of nitrogens with zero attached hydrogens (tertiary/aromatic N) is 1. The molecule has 1 heterocycles. The molecule has 3 nitrogen and oxygen atoms in total. The molecular weight excluding hydrogens is 154 g/mol. The number of hydrogen-bond acceptors (Lipinski definition) is 3. The van der Waals surface area contributed by atoms with E-state index in [1.807, 2.05) is 0 Å². The first-order valence-corrected chi connectivity index (χ1v) is 3.47. The molecule has 62 valence electrons. The van der Waals surface area contributed by atoms with E-state index in [2.05, 4.69) is 16.8 Å². The second kappa shape index (κ2) is 4.37. The lowest BCUT2D eigenvalue weighted by Gasteiger charge is -1.98. The van der Waals surface area contributed by atoms with E-state index in [1.165, 1.54) is 7.11 Å². The lowest BCUT2D eigenvalue weighted by Crippen LogP contribution is -1.90. The van der Waals surface area contributed by atoms with Crippen LogP contribution in [-0.4, -0.2) is 23.8 Å². The predicted octanol–water partition coefficient (Wildman–Crippen LogP) is 0.434. The summed E-state index contributed by atoms with van der Waals surface area (Å²) in [6, 6.07) is 3.55. The van der Waals surface area contributed by atoms with E-state index in [0.29, 0.717) is 11.4 Å². The van der Waals surface area contributed by atoms with Gasteiger partial charge < -0.3 is 9.84 Å². The lowest BCUT2D eigenvalue weighted by atomic mass is 10.3. The second-order valence-corrected chi connectivity index (χ2v) is 2.02. The Hall–Kier alpha value is -1.53. The van der Waals surface area contributed by atoms with Gasteiger partial charge in [0, 0.05) is 6.20 Å². The normalized spacial score (nSPS) is 8.50. The van der Waals surface area contributed by atoms with Crippen LogP contribution in [0.5, 0.6) is 5.88 Å². The van der Waals surface area contributed by atoms with E-state index in [-0.39, 0.29) is 6.61 Å². The van der Waals surface area contributed by atoms with Crippen LogP contribution in [-0.2, 0) is 0 Å². The number of aliphatic hydroxyl groups is 1. The van der Waals surface area contributed by atoms with Crippen molar-refractivity contribution in [3.8, 4) is 17.7 Å². The molecule has 0 atom stereocenters. The van der Waals surface area contributed by atoms with Crippen molar-refractivity contribution in [2.75, 3.05) is 13.7 Å². The van der Waals surface area contributed by atoms with Gasteiger partial charge in [0.05, 0.1) is 12.7 Å². The van der Waals surface area contributed by atoms with Gasteiger partial charge in [-0.2, -0.15) is 0 Å².